The van der Waals surface area contributed by atoms with Crippen LogP contribution in [0.4, 0.5) is 0 Å². The molecular weight excluding hydrogens is 152 g/mol. The first-order valence-corrected chi connectivity index (χ1v) is 3.96. The number of nitrogens with zero attached hydrogens (tertiary/aromatic N) is 1. The van der Waals surface area contributed by atoms with Crippen molar-refractivity contribution in [2.24, 2.45) is 5.73 Å². The third kappa shape index (κ3) is 2.03. The van der Waals surface area contributed by atoms with Crippen LogP contribution in [0.5, 0.6) is 0 Å². The molecule has 1 heterocycles. The second-order valence-electron chi connectivity index (χ2n) is 3.06. The average molecular weight is 166 g/mol. The van der Waals surface area contributed by atoms with E-state index in [9.17, 15) is 5.11 Å². The number of pyridine rings is 1. The molecule has 0 bridgehead atoms. The third-order valence-corrected chi connectivity index (χ3v) is 1.80. The number of nitrogens with two attached hydrogens (primary N) is 1. The van der Waals surface area contributed by atoms with Crippen LogP contribution in [0.25, 0.3) is 0 Å². The molecule has 3 N–H and O–H groups in total. The van der Waals surface area contributed by atoms with Crippen LogP contribution >= 0.6 is 0 Å². The first-order chi connectivity index (χ1) is 5.61. The maximum absolute atomic E-state index is 9.21. The van der Waals surface area contributed by atoms with Crippen LogP contribution in [0.3, 0.4) is 0 Å². The Morgan fingerprint density at radius 2 is 2.17 bits per heavy atom. The molecule has 0 saturated carbocycles. The molecule has 1 rings (SSSR count). The Kier molecular flexibility index (Phi) is 2.78. The van der Waals surface area contributed by atoms with Gasteiger partial charge < -0.3 is 10.8 Å². The van der Waals surface area contributed by atoms with Gasteiger partial charge in [-0.2, -0.15) is 0 Å². The predicted molar refractivity (Wildman–Crippen MR) is 47.6 cm³/mol. The zero-order valence-electron chi connectivity index (χ0n) is 7.36. The highest BCUT2D eigenvalue weighted by atomic mass is 16.3. The summed E-state index contributed by atoms with van der Waals surface area (Å²) in [5.41, 5.74) is 7.66. The second-order valence-corrected chi connectivity index (χ2v) is 3.06. The fourth-order valence-corrected chi connectivity index (χ4v) is 1.04. The van der Waals surface area contributed by atoms with Gasteiger partial charge in [-0.1, -0.05) is 6.07 Å². The van der Waals surface area contributed by atoms with E-state index in [1.165, 1.54) is 0 Å². The van der Waals surface area contributed by atoms with Gasteiger partial charge in [-0.3, -0.25) is 4.98 Å². The summed E-state index contributed by atoms with van der Waals surface area (Å²) in [4.78, 5) is 4.00. The van der Waals surface area contributed by atoms with Crippen molar-refractivity contribution in [2.75, 3.05) is 0 Å². The van der Waals surface area contributed by atoms with Crippen LogP contribution in [-0.2, 0) is 0 Å². The first kappa shape index (κ1) is 9.16. The molecule has 0 aromatic carbocycles. The number of aliphatic hydroxyl groups is 1. The summed E-state index contributed by atoms with van der Waals surface area (Å²) in [6.07, 6.45) is 2.91. The van der Waals surface area contributed by atoms with Gasteiger partial charge >= 0.3 is 0 Å². The highest BCUT2D eigenvalue weighted by Gasteiger charge is 2.11. The van der Waals surface area contributed by atoms with Gasteiger partial charge in [-0.15, -0.1) is 0 Å². The van der Waals surface area contributed by atoms with Crippen molar-refractivity contribution in [2.45, 2.75) is 26.0 Å². The lowest BCUT2D eigenvalue weighted by Crippen LogP contribution is -2.23. The van der Waals surface area contributed by atoms with Crippen LogP contribution in [0.1, 0.15) is 24.1 Å². The number of rotatable bonds is 2. The van der Waals surface area contributed by atoms with Crippen molar-refractivity contribution >= 4 is 0 Å². The molecule has 3 nitrogen and oxygen atoms in total. The molecule has 0 spiro atoms. The Balaban J connectivity index is 2.88. The number of hydrogen-bond acceptors (Lipinski definition) is 3. The summed E-state index contributed by atoms with van der Waals surface area (Å²) >= 11 is 0. The van der Waals surface area contributed by atoms with E-state index in [1.807, 2.05) is 13.0 Å². The van der Waals surface area contributed by atoms with E-state index in [-0.39, 0.29) is 6.04 Å². The molecule has 0 saturated heterocycles. The molecule has 1 aromatic heterocycles. The number of aliphatic hydroxyl groups excluding tert-OH is 1. The largest absolute Gasteiger partial charge is 0.391 e. The summed E-state index contributed by atoms with van der Waals surface area (Å²) in [5, 5.41) is 9.21. The van der Waals surface area contributed by atoms with Crippen molar-refractivity contribution in [1.82, 2.24) is 4.98 Å². The second kappa shape index (κ2) is 3.65. The van der Waals surface area contributed by atoms with Crippen molar-refractivity contribution in [3.05, 3.63) is 29.6 Å². The van der Waals surface area contributed by atoms with Crippen LogP contribution in [0, 0.1) is 6.92 Å². The van der Waals surface area contributed by atoms with E-state index in [0.29, 0.717) is 0 Å². The Morgan fingerprint density at radius 1 is 1.50 bits per heavy atom. The van der Waals surface area contributed by atoms with Gasteiger partial charge in [0.2, 0.25) is 0 Å². The van der Waals surface area contributed by atoms with Crippen molar-refractivity contribution < 1.29 is 5.11 Å². The fourth-order valence-electron chi connectivity index (χ4n) is 1.04. The number of aromatic nitrogens is 1. The van der Waals surface area contributed by atoms with Gasteiger partial charge in [0.15, 0.2) is 0 Å². The molecule has 0 amide bonds. The fraction of sp³-hybridized carbons (Fsp3) is 0.444. The molecule has 3 heteroatoms. The van der Waals surface area contributed by atoms with Gasteiger partial charge in [-0.05, 0) is 25.0 Å². The summed E-state index contributed by atoms with van der Waals surface area (Å²) in [7, 11) is 0. The minimum Gasteiger partial charge on any atom is -0.391 e. The minimum absolute atomic E-state index is 0.336. The Bertz CT molecular complexity index is 260. The number of hydrogen-bond donors (Lipinski definition) is 2. The molecule has 0 radical (unpaired) electrons. The summed E-state index contributed by atoms with van der Waals surface area (Å²) in [6, 6.07) is 1.60. The number of aryl methyl sites for hydroxylation is 1. The predicted octanol–water partition coefficient (Wildman–Crippen LogP) is 0.771. The van der Waals surface area contributed by atoms with Gasteiger partial charge in [0.1, 0.15) is 0 Å². The molecule has 1 aromatic rings. The highest BCUT2D eigenvalue weighted by molar-refractivity contribution is 5.20. The summed E-state index contributed by atoms with van der Waals surface area (Å²) in [6.45, 7) is 3.62. The smallest absolute Gasteiger partial charge is 0.0705 e. The van der Waals surface area contributed by atoms with Crippen LogP contribution < -0.4 is 5.73 Å². The van der Waals surface area contributed by atoms with E-state index < -0.39 is 6.10 Å². The SMILES string of the molecule is Cc1cncc([C@@H](N)[C@H](C)O)c1. The van der Waals surface area contributed by atoms with Crippen molar-refractivity contribution in [1.29, 1.82) is 0 Å². The zero-order valence-corrected chi connectivity index (χ0v) is 7.36. The van der Waals surface area contributed by atoms with E-state index in [1.54, 1.807) is 19.3 Å². The zero-order chi connectivity index (χ0) is 9.14. The van der Waals surface area contributed by atoms with E-state index in [2.05, 4.69) is 4.98 Å². The first-order valence-electron chi connectivity index (χ1n) is 3.96. The van der Waals surface area contributed by atoms with E-state index in [0.717, 1.165) is 11.1 Å². The Morgan fingerprint density at radius 3 is 2.67 bits per heavy atom. The Labute approximate surface area is 72.2 Å². The van der Waals surface area contributed by atoms with Gasteiger partial charge in [0.05, 0.1) is 12.1 Å². The van der Waals surface area contributed by atoms with E-state index in [4.69, 9.17) is 5.73 Å². The quantitative estimate of drug-likeness (QED) is 0.682. The standard InChI is InChI=1S/C9H14N2O/c1-6-3-8(5-11-4-6)9(10)7(2)12/h3-5,7,9,12H,10H2,1-2H3/t7-,9-/m0/s1. The highest BCUT2D eigenvalue weighted by Crippen LogP contribution is 2.13. The molecule has 2 atom stereocenters. The third-order valence-electron chi connectivity index (χ3n) is 1.80. The summed E-state index contributed by atoms with van der Waals surface area (Å²) in [5.74, 6) is 0. The molecule has 12 heavy (non-hydrogen) atoms. The Hall–Kier alpha value is -0.930. The molecule has 0 aliphatic carbocycles. The molecule has 66 valence electrons. The molecular formula is C9H14N2O. The lowest BCUT2D eigenvalue weighted by molar-refractivity contribution is 0.164. The molecule has 0 aliphatic rings. The summed E-state index contributed by atoms with van der Waals surface area (Å²) < 4.78 is 0. The lowest BCUT2D eigenvalue weighted by atomic mass is 10.0. The van der Waals surface area contributed by atoms with Crippen LogP contribution in [0.2, 0.25) is 0 Å². The molecule has 0 fully saturated rings. The maximum atomic E-state index is 9.21. The van der Waals surface area contributed by atoms with Gasteiger partial charge in [0.25, 0.3) is 0 Å². The van der Waals surface area contributed by atoms with Crippen molar-refractivity contribution in [3.8, 4) is 0 Å². The van der Waals surface area contributed by atoms with Crippen LogP contribution in [0.15, 0.2) is 18.5 Å². The maximum Gasteiger partial charge on any atom is 0.0705 e. The molecule has 0 aliphatic heterocycles. The normalized spacial score (nSPS) is 15.7. The van der Waals surface area contributed by atoms with Crippen molar-refractivity contribution in [3.63, 3.8) is 0 Å². The van der Waals surface area contributed by atoms with E-state index >= 15 is 0 Å². The monoisotopic (exact) mass is 166 g/mol. The topological polar surface area (TPSA) is 59.1 Å². The minimum atomic E-state index is -0.534. The van der Waals surface area contributed by atoms with Crippen LogP contribution in [-0.4, -0.2) is 16.2 Å². The van der Waals surface area contributed by atoms with Gasteiger partial charge in [-0.25, -0.2) is 0 Å². The van der Waals surface area contributed by atoms with Gasteiger partial charge in [0, 0.05) is 12.4 Å². The average Bonchev–Trinajstić information content (AvgIpc) is 2.03. The molecule has 0 unspecified atom stereocenters. The lowest BCUT2D eigenvalue weighted by Gasteiger charge is -2.14.